The van der Waals surface area contributed by atoms with Crippen LogP contribution in [0.3, 0.4) is 0 Å². The summed E-state index contributed by atoms with van der Waals surface area (Å²) in [5.41, 5.74) is -0.142. The summed E-state index contributed by atoms with van der Waals surface area (Å²) in [4.78, 5) is 22.2. The number of methoxy groups -OCH3 is 1. The maximum absolute atomic E-state index is 12.0. The van der Waals surface area contributed by atoms with Crippen molar-refractivity contribution in [2.24, 2.45) is 5.92 Å². The van der Waals surface area contributed by atoms with E-state index in [0.29, 0.717) is 12.2 Å². The van der Waals surface area contributed by atoms with Gasteiger partial charge in [0.2, 0.25) is 0 Å². The van der Waals surface area contributed by atoms with E-state index < -0.39 is 4.92 Å². The fourth-order valence-corrected chi connectivity index (χ4v) is 2.06. The van der Waals surface area contributed by atoms with Crippen LogP contribution in [0.5, 0.6) is 11.5 Å². The SMILES string of the molecule is COc1ccc([N+](=O)[O-])cc1OC(=O)C1CC=CCC1. The molecule has 0 saturated carbocycles. The third-order valence-electron chi connectivity index (χ3n) is 3.17. The van der Waals surface area contributed by atoms with E-state index in [1.165, 1.54) is 25.3 Å². The van der Waals surface area contributed by atoms with Crippen molar-refractivity contribution in [1.29, 1.82) is 0 Å². The molecule has 2 rings (SSSR count). The first kappa shape index (κ1) is 14.0. The predicted molar refractivity (Wildman–Crippen MR) is 71.8 cm³/mol. The highest BCUT2D eigenvalue weighted by molar-refractivity contribution is 5.76. The summed E-state index contributed by atoms with van der Waals surface area (Å²) >= 11 is 0. The molecule has 0 bridgehead atoms. The van der Waals surface area contributed by atoms with Crippen LogP contribution < -0.4 is 9.47 Å². The van der Waals surface area contributed by atoms with Gasteiger partial charge < -0.3 is 9.47 Å². The Balaban J connectivity index is 2.18. The maximum Gasteiger partial charge on any atom is 0.314 e. The van der Waals surface area contributed by atoms with E-state index in [4.69, 9.17) is 9.47 Å². The molecule has 0 aromatic heterocycles. The van der Waals surface area contributed by atoms with Gasteiger partial charge in [-0.25, -0.2) is 0 Å². The molecule has 0 radical (unpaired) electrons. The van der Waals surface area contributed by atoms with E-state index in [1.807, 2.05) is 12.2 Å². The molecule has 0 amide bonds. The minimum Gasteiger partial charge on any atom is -0.493 e. The summed E-state index contributed by atoms with van der Waals surface area (Å²) in [6.07, 6.45) is 6.17. The van der Waals surface area contributed by atoms with Crippen LogP contribution >= 0.6 is 0 Å². The largest absolute Gasteiger partial charge is 0.493 e. The first-order valence-electron chi connectivity index (χ1n) is 6.31. The van der Waals surface area contributed by atoms with Gasteiger partial charge in [-0.2, -0.15) is 0 Å². The number of carbonyl (C=O) groups is 1. The van der Waals surface area contributed by atoms with Crippen LogP contribution in [0, 0.1) is 16.0 Å². The number of benzene rings is 1. The molecular weight excluding hydrogens is 262 g/mol. The molecule has 1 aliphatic carbocycles. The van der Waals surface area contributed by atoms with Gasteiger partial charge in [0.1, 0.15) is 0 Å². The van der Waals surface area contributed by atoms with E-state index in [9.17, 15) is 14.9 Å². The standard InChI is InChI=1S/C14H15NO5/c1-19-12-8-7-11(15(17)18)9-13(12)20-14(16)10-5-3-2-4-6-10/h2-3,7-10H,4-6H2,1H3. The number of allylic oxidation sites excluding steroid dienone is 2. The number of nitrogens with zero attached hydrogens (tertiary/aromatic N) is 1. The summed E-state index contributed by atoms with van der Waals surface area (Å²) in [7, 11) is 1.42. The van der Waals surface area contributed by atoms with E-state index in [-0.39, 0.29) is 23.3 Å². The van der Waals surface area contributed by atoms with E-state index in [1.54, 1.807) is 0 Å². The van der Waals surface area contributed by atoms with Crippen LogP contribution in [0.15, 0.2) is 30.4 Å². The summed E-state index contributed by atoms with van der Waals surface area (Å²) in [6.45, 7) is 0. The van der Waals surface area contributed by atoms with Crippen LogP contribution in [0.1, 0.15) is 19.3 Å². The lowest BCUT2D eigenvalue weighted by atomic mass is 9.95. The third kappa shape index (κ3) is 3.14. The molecule has 0 fully saturated rings. The average Bonchev–Trinajstić information content (AvgIpc) is 2.48. The van der Waals surface area contributed by atoms with Gasteiger partial charge in [-0.1, -0.05) is 12.2 Å². The Kier molecular flexibility index (Phi) is 4.34. The first-order valence-corrected chi connectivity index (χ1v) is 6.31. The average molecular weight is 277 g/mol. The smallest absolute Gasteiger partial charge is 0.314 e. The Bertz CT molecular complexity index is 552. The summed E-state index contributed by atoms with van der Waals surface area (Å²) in [5.74, 6) is -0.200. The molecule has 1 atom stereocenters. The second kappa shape index (κ2) is 6.18. The van der Waals surface area contributed by atoms with Crippen molar-refractivity contribution in [3.63, 3.8) is 0 Å². The van der Waals surface area contributed by atoms with Crippen LogP contribution in [0.25, 0.3) is 0 Å². The van der Waals surface area contributed by atoms with Crippen LogP contribution in [-0.2, 0) is 4.79 Å². The van der Waals surface area contributed by atoms with E-state index in [2.05, 4.69) is 0 Å². The van der Waals surface area contributed by atoms with Gasteiger partial charge in [0.15, 0.2) is 11.5 Å². The number of nitro groups is 1. The van der Waals surface area contributed by atoms with Crippen molar-refractivity contribution < 1.29 is 19.2 Å². The van der Waals surface area contributed by atoms with Gasteiger partial charge in [0.25, 0.3) is 5.69 Å². The maximum atomic E-state index is 12.0. The van der Waals surface area contributed by atoms with Crippen molar-refractivity contribution in [3.05, 3.63) is 40.5 Å². The molecule has 0 saturated heterocycles. The van der Waals surface area contributed by atoms with Gasteiger partial charge in [-0.3, -0.25) is 14.9 Å². The summed E-state index contributed by atoms with van der Waals surface area (Å²) in [5, 5.41) is 10.8. The summed E-state index contributed by atoms with van der Waals surface area (Å²) < 4.78 is 10.3. The molecular formula is C14H15NO5. The Morgan fingerprint density at radius 3 is 2.75 bits per heavy atom. The number of rotatable bonds is 4. The number of non-ortho nitro benzene ring substituents is 1. The molecule has 1 aromatic rings. The molecule has 106 valence electrons. The zero-order chi connectivity index (χ0) is 14.5. The van der Waals surface area contributed by atoms with Crippen molar-refractivity contribution >= 4 is 11.7 Å². The Labute approximate surface area is 116 Å². The topological polar surface area (TPSA) is 78.7 Å². The zero-order valence-electron chi connectivity index (χ0n) is 11.1. The molecule has 1 aliphatic rings. The third-order valence-corrected chi connectivity index (χ3v) is 3.17. The molecule has 6 nitrogen and oxygen atoms in total. The quantitative estimate of drug-likeness (QED) is 0.278. The highest BCUT2D eigenvalue weighted by Gasteiger charge is 2.23. The first-order chi connectivity index (χ1) is 9.61. The van der Waals surface area contributed by atoms with Crippen LogP contribution in [0.4, 0.5) is 5.69 Å². The Morgan fingerprint density at radius 1 is 1.35 bits per heavy atom. The van der Waals surface area contributed by atoms with E-state index in [0.717, 1.165) is 12.8 Å². The van der Waals surface area contributed by atoms with Crippen LogP contribution in [0.2, 0.25) is 0 Å². The number of hydrogen-bond acceptors (Lipinski definition) is 5. The monoisotopic (exact) mass is 277 g/mol. The molecule has 1 aromatic carbocycles. The lowest BCUT2D eigenvalue weighted by Gasteiger charge is -2.17. The normalized spacial score (nSPS) is 17.6. The highest BCUT2D eigenvalue weighted by Crippen LogP contribution is 2.32. The minimum absolute atomic E-state index is 0.0845. The highest BCUT2D eigenvalue weighted by atomic mass is 16.6. The second-order valence-corrected chi connectivity index (χ2v) is 4.49. The summed E-state index contributed by atoms with van der Waals surface area (Å²) in [6, 6.07) is 3.93. The Morgan fingerprint density at radius 2 is 2.15 bits per heavy atom. The number of nitro benzene ring substituents is 1. The molecule has 0 spiro atoms. The molecule has 0 heterocycles. The fraction of sp³-hybridized carbons (Fsp3) is 0.357. The fourth-order valence-electron chi connectivity index (χ4n) is 2.06. The van der Waals surface area contributed by atoms with Crippen LogP contribution in [-0.4, -0.2) is 18.0 Å². The van der Waals surface area contributed by atoms with Gasteiger partial charge in [-0.15, -0.1) is 0 Å². The number of ether oxygens (including phenoxy) is 2. The van der Waals surface area contributed by atoms with E-state index >= 15 is 0 Å². The zero-order valence-corrected chi connectivity index (χ0v) is 11.1. The van der Waals surface area contributed by atoms with Crippen molar-refractivity contribution in [3.8, 4) is 11.5 Å². The van der Waals surface area contributed by atoms with Crippen molar-refractivity contribution in [2.75, 3.05) is 7.11 Å². The lowest BCUT2D eigenvalue weighted by molar-refractivity contribution is -0.384. The molecule has 6 heteroatoms. The van der Waals surface area contributed by atoms with Crippen molar-refractivity contribution in [2.45, 2.75) is 19.3 Å². The van der Waals surface area contributed by atoms with Gasteiger partial charge >= 0.3 is 5.97 Å². The minimum atomic E-state index is -0.542. The Hall–Kier alpha value is -2.37. The predicted octanol–water partition coefficient (Wildman–Crippen LogP) is 2.87. The number of carbonyl (C=O) groups excluding carboxylic acids is 1. The number of hydrogen-bond donors (Lipinski definition) is 0. The van der Waals surface area contributed by atoms with Gasteiger partial charge in [0, 0.05) is 6.07 Å². The van der Waals surface area contributed by atoms with Gasteiger partial charge in [-0.05, 0) is 25.3 Å². The molecule has 0 aliphatic heterocycles. The molecule has 20 heavy (non-hydrogen) atoms. The lowest BCUT2D eigenvalue weighted by Crippen LogP contribution is -2.21. The molecule has 1 unspecified atom stereocenters. The van der Waals surface area contributed by atoms with Gasteiger partial charge in [0.05, 0.1) is 24.0 Å². The molecule has 0 N–H and O–H groups in total. The second-order valence-electron chi connectivity index (χ2n) is 4.49. The number of esters is 1. The van der Waals surface area contributed by atoms with Crippen molar-refractivity contribution in [1.82, 2.24) is 0 Å².